The maximum absolute atomic E-state index is 12.8. The van der Waals surface area contributed by atoms with Gasteiger partial charge >= 0.3 is 0 Å². The monoisotopic (exact) mass is 396 g/mol. The molecule has 7 heteroatoms. The molecule has 29 heavy (non-hydrogen) atoms. The molecular formula is C22H28N4O3. The van der Waals surface area contributed by atoms with E-state index < -0.39 is 5.79 Å². The average molecular weight is 396 g/mol. The number of ether oxygens (including phenoxy) is 2. The zero-order valence-corrected chi connectivity index (χ0v) is 17.3. The number of rotatable bonds is 4. The van der Waals surface area contributed by atoms with Crippen molar-refractivity contribution in [1.82, 2.24) is 14.9 Å². The number of aromatic nitrogens is 2. The number of hydrogen-bond acceptors (Lipinski definition) is 6. The first-order valence-corrected chi connectivity index (χ1v) is 10.2. The van der Waals surface area contributed by atoms with Crippen molar-refractivity contribution in [2.75, 3.05) is 31.6 Å². The molecule has 1 amide bonds. The maximum atomic E-state index is 12.8. The number of amides is 1. The van der Waals surface area contributed by atoms with Crippen LogP contribution < -0.4 is 5.32 Å². The van der Waals surface area contributed by atoms with Gasteiger partial charge in [0.2, 0.25) is 0 Å². The molecule has 1 aromatic carbocycles. The minimum absolute atomic E-state index is 0.101. The summed E-state index contributed by atoms with van der Waals surface area (Å²) in [6.45, 7) is 8.86. The zero-order chi connectivity index (χ0) is 20.4. The summed E-state index contributed by atoms with van der Waals surface area (Å²) < 4.78 is 11.5. The molecule has 1 N–H and O–H groups in total. The highest BCUT2D eigenvalue weighted by Crippen LogP contribution is 2.32. The number of aryl methyl sites for hydroxylation is 1. The van der Waals surface area contributed by atoms with Crippen molar-refractivity contribution in [3.8, 4) is 0 Å². The van der Waals surface area contributed by atoms with Gasteiger partial charge in [0.25, 0.3) is 5.91 Å². The van der Waals surface area contributed by atoms with Crippen molar-refractivity contribution in [3.05, 3.63) is 47.4 Å². The second kappa shape index (κ2) is 8.08. The first-order valence-electron chi connectivity index (χ1n) is 10.2. The third-order valence-electron chi connectivity index (χ3n) is 5.68. The van der Waals surface area contributed by atoms with E-state index in [9.17, 15) is 4.79 Å². The fraction of sp³-hybridized carbons (Fsp3) is 0.500. The molecule has 0 atom stereocenters. The summed E-state index contributed by atoms with van der Waals surface area (Å²) in [6.07, 6.45) is 4.55. The fourth-order valence-electron chi connectivity index (χ4n) is 3.97. The highest BCUT2D eigenvalue weighted by molar-refractivity contribution is 5.92. The Bertz CT molecular complexity index is 866. The molecule has 1 aromatic heterocycles. The van der Waals surface area contributed by atoms with E-state index in [0.717, 1.165) is 11.3 Å². The van der Waals surface area contributed by atoms with Crippen molar-refractivity contribution in [2.24, 2.45) is 0 Å². The van der Waals surface area contributed by atoms with Gasteiger partial charge in [0, 0.05) is 31.6 Å². The maximum Gasteiger partial charge on any atom is 0.274 e. The molecular weight excluding hydrogens is 368 g/mol. The predicted octanol–water partition coefficient (Wildman–Crippen LogP) is 3.63. The lowest BCUT2D eigenvalue weighted by Gasteiger charge is -2.37. The lowest BCUT2D eigenvalue weighted by Crippen LogP contribution is -2.47. The number of hydrogen-bond donors (Lipinski definition) is 1. The standard InChI is InChI=1S/C22H28N4O3/c1-15(2)17-6-4-5-16(3)20(17)25-19-14-23-18(13-24-19)21(27)26-9-7-22(8-10-26)28-11-12-29-22/h4-6,13-15H,7-12H2,1-3H3,(H,24,25). The lowest BCUT2D eigenvalue weighted by atomic mass is 9.98. The molecule has 2 aliphatic rings. The van der Waals surface area contributed by atoms with Gasteiger partial charge in [-0.2, -0.15) is 0 Å². The molecule has 2 saturated heterocycles. The molecule has 7 nitrogen and oxygen atoms in total. The van der Waals surface area contributed by atoms with E-state index in [0.29, 0.717) is 56.6 Å². The van der Waals surface area contributed by atoms with Crippen LogP contribution in [0.5, 0.6) is 0 Å². The Morgan fingerprint density at radius 1 is 1.14 bits per heavy atom. The molecule has 154 valence electrons. The van der Waals surface area contributed by atoms with E-state index in [-0.39, 0.29) is 5.91 Å². The van der Waals surface area contributed by atoms with Crippen LogP contribution in [0, 0.1) is 6.92 Å². The molecule has 3 heterocycles. The van der Waals surface area contributed by atoms with Crippen LogP contribution in [-0.2, 0) is 9.47 Å². The summed E-state index contributed by atoms with van der Waals surface area (Å²) in [6, 6.07) is 6.25. The van der Waals surface area contributed by atoms with Gasteiger partial charge in [-0.3, -0.25) is 4.79 Å². The summed E-state index contributed by atoms with van der Waals surface area (Å²) in [5, 5.41) is 3.37. The molecule has 4 rings (SSSR count). The van der Waals surface area contributed by atoms with Gasteiger partial charge in [-0.15, -0.1) is 0 Å². The van der Waals surface area contributed by atoms with E-state index in [4.69, 9.17) is 9.47 Å². The van der Waals surface area contributed by atoms with Crippen LogP contribution >= 0.6 is 0 Å². The molecule has 0 saturated carbocycles. The third-order valence-corrected chi connectivity index (χ3v) is 5.68. The largest absolute Gasteiger partial charge is 0.347 e. The van der Waals surface area contributed by atoms with Gasteiger partial charge in [-0.1, -0.05) is 32.0 Å². The smallest absolute Gasteiger partial charge is 0.274 e. The van der Waals surface area contributed by atoms with Crippen molar-refractivity contribution in [3.63, 3.8) is 0 Å². The lowest BCUT2D eigenvalue weighted by molar-refractivity contribution is -0.181. The summed E-state index contributed by atoms with van der Waals surface area (Å²) in [5.41, 5.74) is 3.78. The van der Waals surface area contributed by atoms with Crippen LogP contribution in [0.1, 0.15) is 54.2 Å². The molecule has 2 fully saturated rings. The minimum atomic E-state index is -0.488. The number of carbonyl (C=O) groups is 1. The molecule has 0 unspecified atom stereocenters. The quantitative estimate of drug-likeness (QED) is 0.850. The Kier molecular flexibility index (Phi) is 5.52. The molecule has 2 aliphatic heterocycles. The number of likely N-dealkylation sites (tertiary alicyclic amines) is 1. The molecule has 2 aromatic rings. The summed E-state index contributed by atoms with van der Waals surface area (Å²) >= 11 is 0. The number of anilines is 2. The number of nitrogens with one attached hydrogen (secondary N) is 1. The number of piperidine rings is 1. The van der Waals surface area contributed by atoms with E-state index in [1.807, 2.05) is 0 Å². The van der Waals surface area contributed by atoms with Gasteiger partial charge in [0.15, 0.2) is 5.79 Å². The number of benzene rings is 1. The Morgan fingerprint density at radius 3 is 2.48 bits per heavy atom. The van der Waals surface area contributed by atoms with Gasteiger partial charge in [-0.05, 0) is 24.0 Å². The van der Waals surface area contributed by atoms with Crippen LogP contribution in [-0.4, -0.2) is 52.9 Å². The first kappa shape index (κ1) is 19.8. The van der Waals surface area contributed by atoms with Crippen molar-refractivity contribution >= 4 is 17.4 Å². The van der Waals surface area contributed by atoms with Gasteiger partial charge in [-0.25, -0.2) is 9.97 Å². The van der Waals surface area contributed by atoms with Crippen LogP contribution in [0.3, 0.4) is 0 Å². The second-order valence-electron chi connectivity index (χ2n) is 8.01. The average Bonchev–Trinajstić information content (AvgIpc) is 3.18. The molecule has 0 bridgehead atoms. The SMILES string of the molecule is Cc1cccc(C(C)C)c1Nc1cnc(C(=O)N2CCC3(CC2)OCCO3)cn1. The van der Waals surface area contributed by atoms with Crippen molar-refractivity contribution < 1.29 is 14.3 Å². The van der Waals surface area contributed by atoms with Gasteiger partial charge < -0.3 is 19.7 Å². The highest BCUT2D eigenvalue weighted by Gasteiger charge is 2.41. The number of nitrogens with zero attached hydrogens (tertiary/aromatic N) is 3. The Morgan fingerprint density at radius 2 is 1.86 bits per heavy atom. The van der Waals surface area contributed by atoms with E-state index in [1.54, 1.807) is 17.3 Å². The first-order chi connectivity index (χ1) is 14.0. The van der Waals surface area contributed by atoms with Crippen molar-refractivity contribution in [2.45, 2.75) is 45.3 Å². The molecule has 0 radical (unpaired) electrons. The van der Waals surface area contributed by atoms with Crippen LogP contribution in [0.25, 0.3) is 0 Å². The molecule has 0 aliphatic carbocycles. The normalized spacial score (nSPS) is 18.4. The summed E-state index contributed by atoms with van der Waals surface area (Å²) in [5.74, 6) is 0.429. The Balaban J connectivity index is 1.43. The zero-order valence-electron chi connectivity index (χ0n) is 17.3. The number of carbonyl (C=O) groups excluding carboxylic acids is 1. The van der Waals surface area contributed by atoms with Crippen molar-refractivity contribution in [1.29, 1.82) is 0 Å². The minimum Gasteiger partial charge on any atom is -0.347 e. The fourth-order valence-corrected chi connectivity index (χ4v) is 3.97. The second-order valence-corrected chi connectivity index (χ2v) is 8.01. The Hall–Kier alpha value is -2.51. The van der Waals surface area contributed by atoms with Crippen LogP contribution in [0.15, 0.2) is 30.6 Å². The third kappa shape index (κ3) is 4.11. The van der Waals surface area contributed by atoms with E-state index >= 15 is 0 Å². The summed E-state index contributed by atoms with van der Waals surface area (Å²) in [4.78, 5) is 23.4. The summed E-state index contributed by atoms with van der Waals surface area (Å²) in [7, 11) is 0. The van der Waals surface area contributed by atoms with E-state index in [2.05, 4.69) is 54.3 Å². The molecule has 1 spiro atoms. The van der Waals surface area contributed by atoms with Gasteiger partial charge in [0.1, 0.15) is 11.5 Å². The van der Waals surface area contributed by atoms with E-state index in [1.165, 1.54) is 5.56 Å². The van der Waals surface area contributed by atoms with Gasteiger partial charge in [0.05, 0.1) is 25.6 Å². The highest BCUT2D eigenvalue weighted by atomic mass is 16.7. The van der Waals surface area contributed by atoms with Crippen LogP contribution in [0.2, 0.25) is 0 Å². The van der Waals surface area contributed by atoms with Crippen LogP contribution in [0.4, 0.5) is 11.5 Å². The predicted molar refractivity (Wildman–Crippen MR) is 110 cm³/mol. The topological polar surface area (TPSA) is 76.6 Å². The number of para-hydroxylation sites is 1. The Labute approximate surface area is 171 Å².